The summed E-state index contributed by atoms with van der Waals surface area (Å²) in [6, 6.07) is 1.27. The fourth-order valence-electron chi connectivity index (χ4n) is 1.59. The Morgan fingerprint density at radius 3 is 2.70 bits per heavy atom. The van der Waals surface area contributed by atoms with Gasteiger partial charge in [-0.2, -0.15) is 0 Å². The maximum Gasteiger partial charge on any atom is 0.341 e. The van der Waals surface area contributed by atoms with Gasteiger partial charge in [0.25, 0.3) is 0 Å². The molecule has 7 heteroatoms. The standard InChI is InChI=1S/C13H20N2O5/c1-9-11(12(16)19-3)7-10(20-9)8-15-13(17)14-5-4-6-18-2/h7H,4-6,8H2,1-3H3,(H2,14,15,17). The van der Waals surface area contributed by atoms with Crippen LogP contribution in [0.4, 0.5) is 4.79 Å². The van der Waals surface area contributed by atoms with Crippen LogP contribution in [0.1, 0.15) is 28.3 Å². The molecule has 0 saturated carbocycles. The van der Waals surface area contributed by atoms with Gasteiger partial charge in [-0.3, -0.25) is 0 Å². The average molecular weight is 284 g/mol. The zero-order valence-electron chi connectivity index (χ0n) is 11.9. The van der Waals surface area contributed by atoms with Crippen molar-refractivity contribution < 1.29 is 23.5 Å². The third-order valence-electron chi connectivity index (χ3n) is 2.61. The Morgan fingerprint density at radius 1 is 1.30 bits per heavy atom. The zero-order chi connectivity index (χ0) is 15.0. The molecule has 0 radical (unpaired) electrons. The summed E-state index contributed by atoms with van der Waals surface area (Å²) < 4.78 is 14.9. The summed E-state index contributed by atoms with van der Waals surface area (Å²) in [6.07, 6.45) is 0.746. The van der Waals surface area contributed by atoms with E-state index in [-0.39, 0.29) is 12.6 Å². The van der Waals surface area contributed by atoms with Crippen molar-refractivity contribution in [3.63, 3.8) is 0 Å². The molecule has 0 aromatic carbocycles. The number of amides is 2. The first-order valence-electron chi connectivity index (χ1n) is 6.26. The summed E-state index contributed by atoms with van der Waals surface area (Å²) in [4.78, 5) is 22.9. The van der Waals surface area contributed by atoms with Crippen LogP contribution in [0.2, 0.25) is 0 Å². The molecule has 20 heavy (non-hydrogen) atoms. The predicted molar refractivity (Wildman–Crippen MR) is 71.5 cm³/mol. The van der Waals surface area contributed by atoms with Crippen LogP contribution < -0.4 is 10.6 Å². The Morgan fingerprint density at radius 2 is 2.05 bits per heavy atom. The minimum Gasteiger partial charge on any atom is -0.465 e. The fourth-order valence-corrected chi connectivity index (χ4v) is 1.59. The van der Waals surface area contributed by atoms with Gasteiger partial charge in [0.15, 0.2) is 0 Å². The van der Waals surface area contributed by atoms with E-state index in [1.807, 2.05) is 0 Å². The van der Waals surface area contributed by atoms with E-state index in [1.54, 1.807) is 20.1 Å². The third-order valence-corrected chi connectivity index (χ3v) is 2.61. The predicted octanol–water partition coefficient (Wildman–Crippen LogP) is 1.21. The maximum absolute atomic E-state index is 11.5. The van der Waals surface area contributed by atoms with Gasteiger partial charge in [0.05, 0.1) is 13.7 Å². The molecule has 0 bridgehead atoms. The lowest BCUT2D eigenvalue weighted by Gasteiger charge is -2.05. The highest BCUT2D eigenvalue weighted by Gasteiger charge is 2.15. The average Bonchev–Trinajstić information content (AvgIpc) is 2.81. The first kappa shape index (κ1) is 16.0. The Balaban J connectivity index is 2.38. The molecule has 1 heterocycles. The summed E-state index contributed by atoms with van der Waals surface area (Å²) in [5.74, 6) is 0.505. The molecule has 0 saturated heterocycles. The third kappa shape index (κ3) is 4.93. The van der Waals surface area contributed by atoms with Gasteiger partial charge >= 0.3 is 12.0 Å². The number of nitrogens with one attached hydrogen (secondary N) is 2. The highest BCUT2D eigenvalue weighted by atomic mass is 16.5. The molecule has 1 aromatic rings. The summed E-state index contributed by atoms with van der Waals surface area (Å²) >= 11 is 0. The van der Waals surface area contributed by atoms with Crippen LogP contribution in [0.3, 0.4) is 0 Å². The van der Waals surface area contributed by atoms with E-state index in [1.165, 1.54) is 7.11 Å². The first-order valence-corrected chi connectivity index (χ1v) is 6.26. The van der Waals surface area contributed by atoms with E-state index < -0.39 is 5.97 Å². The number of urea groups is 1. The second-order valence-corrected chi connectivity index (χ2v) is 4.13. The number of methoxy groups -OCH3 is 2. The Bertz CT molecular complexity index is 456. The molecule has 0 aliphatic heterocycles. The maximum atomic E-state index is 11.5. The number of rotatable bonds is 7. The van der Waals surface area contributed by atoms with Crippen LogP contribution in [-0.4, -0.2) is 39.4 Å². The molecule has 112 valence electrons. The number of hydrogen-bond donors (Lipinski definition) is 2. The van der Waals surface area contributed by atoms with Gasteiger partial charge in [-0.15, -0.1) is 0 Å². The van der Waals surface area contributed by atoms with E-state index in [9.17, 15) is 9.59 Å². The lowest BCUT2D eigenvalue weighted by molar-refractivity contribution is 0.0598. The second kappa shape index (κ2) is 8.21. The Labute approximate surface area is 117 Å². The highest BCUT2D eigenvalue weighted by Crippen LogP contribution is 2.15. The number of ether oxygens (including phenoxy) is 2. The SMILES string of the molecule is COCCCNC(=O)NCc1cc(C(=O)OC)c(C)o1. The number of furan rings is 1. The van der Waals surface area contributed by atoms with Gasteiger partial charge in [0, 0.05) is 20.3 Å². The van der Waals surface area contributed by atoms with E-state index >= 15 is 0 Å². The number of esters is 1. The molecule has 0 fully saturated rings. The zero-order valence-corrected chi connectivity index (χ0v) is 11.9. The van der Waals surface area contributed by atoms with Crippen molar-refractivity contribution in [2.75, 3.05) is 27.4 Å². The first-order chi connectivity index (χ1) is 9.58. The molecule has 0 aliphatic carbocycles. The molecule has 0 spiro atoms. The summed E-state index contributed by atoms with van der Waals surface area (Å²) in [7, 11) is 2.92. The van der Waals surface area contributed by atoms with E-state index in [2.05, 4.69) is 15.4 Å². The largest absolute Gasteiger partial charge is 0.465 e. The monoisotopic (exact) mass is 284 g/mol. The molecule has 1 rings (SSSR count). The van der Waals surface area contributed by atoms with Gasteiger partial charge < -0.3 is 24.5 Å². The quantitative estimate of drug-likeness (QED) is 0.580. The summed E-state index contributed by atoms with van der Waals surface area (Å²) in [5, 5.41) is 5.32. The van der Waals surface area contributed by atoms with Crippen LogP contribution in [0, 0.1) is 6.92 Å². The van der Waals surface area contributed by atoms with Crippen LogP contribution in [0.15, 0.2) is 10.5 Å². The molecular weight excluding hydrogens is 264 g/mol. The molecule has 2 N–H and O–H groups in total. The van der Waals surface area contributed by atoms with Crippen molar-refractivity contribution in [3.8, 4) is 0 Å². The van der Waals surface area contributed by atoms with Crippen molar-refractivity contribution in [3.05, 3.63) is 23.2 Å². The molecule has 0 unspecified atom stereocenters. The topological polar surface area (TPSA) is 89.8 Å². The fraction of sp³-hybridized carbons (Fsp3) is 0.538. The van der Waals surface area contributed by atoms with E-state index in [0.29, 0.717) is 30.2 Å². The number of carbonyl (C=O) groups excluding carboxylic acids is 2. The molecule has 7 nitrogen and oxygen atoms in total. The van der Waals surface area contributed by atoms with Crippen molar-refractivity contribution in [2.24, 2.45) is 0 Å². The van der Waals surface area contributed by atoms with Crippen LogP contribution >= 0.6 is 0 Å². The molecule has 2 amide bonds. The molecule has 0 aliphatic rings. The summed E-state index contributed by atoms with van der Waals surface area (Å²) in [6.45, 7) is 3.00. The molecule has 0 atom stereocenters. The van der Waals surface area contributed by atoms with Gasteiger partial charge in [0.1, 0.15) is 17.1 Å². The van der Waals surface area contributed by atoms with Crippen LogP contribution in [-0.2, 0) is 16.0 Å². The number of carbonyl (C=O) groups is 2. The van der Waals surface area contributed by atoms with Crippen LogP contribution in [0.5, 0.6) is 0 Å². The van der Waals surface area contributed by atoms with E-state index in [4.69, 9.17) is 9.15 Å². The van der Waals surface area contributed by atoms with Gasteiger partial charge in [-0.25, -0.2) is 9.59 Å². The number of aryl methyl sites for hydroxylation is 1. The van der Waals surface area contributed by atoms with Gasteiger partial charge in [-0.05, 0) is 19.4 Å². The van der Waals surface area contributed by atoms with Crippen molar-refractivity contribution in [1.82, 2.24) is 10.6 Å². The van der Waals surface area contributed by atoms with Crippen molar-refractivity contribution >= 4 is 12.0 Å². The van der Waals surface area contributed by atoms with Gasteiger partial charge in [0.2, 0.25) is 0 Å². The minimum atomic E-state index is -0.457. The lowest BCUT2D eigenvalue weighted by Crippen LogP contribution is -2.35. The smallest absolute Gasteiger partial charge is 0.341 e. The minimum absolute atomic E-state index is 0.202. The van der Waals surface area contributed by atoms with Crippen molar-refractivity contribution in [1.29, 1.82) is 0 Å². The molecular formula is C13H20N2O5. The van der Waals surface area contributed by atoms with Crippen molar-refractivity contribution in [2.45, 2.75) is 19.9 Å². The van der Waals surface area contributed by atoms with Gasteiger partial charge in [-0.1, -0.05) is 0 Å². The second-order valence-electron chi connectivity index (χ2n) is 4.13. The normalized spacial score (nSPS) is 10.2. The number of hydrogen-bond acceptors (Lipinski definition) is 5. The highest BCUT2D eigenvalue weighted by molar-refractivity contribution is 5.90. The Kier molecular flexibility index (Phi) is 6.58. The molecule has 1 aromatic heterocycles. The van der Waals surface area contributed by atoms with E-state index in [0.717, 1.165) is 6.42 Å². The summed E-state index contributed by atoms with van der Waals surface area (Å²) in [5.41, 5.74) is 0.366. The van der Waals surface area contributed by atoms with Crippen LogP contribution in [0.25, 0.3) is 0 Å². The lowest BCUT2D eigenvalue weighted by atomic mass is 10.2. The Hall–Kier alpha value is -2.02.